The first-order chi connectivity index (χ1) is 14.1. The molecule has 0 saturated carbocycles. The minimum Gasteiger partial charge on any atom is -0.433 e. The van der Waals surface area contributed by atoms with Crippen LogP contribution in [0.2, 0.25) is 0 Å². The molecule has 2 heterocycles. The van der Waals surface area contributed by atoms with Crippen LogP contribution in [0.1, 0.15) is 23.2 Å². The van der Waals surface area contributed by atoms with Crippen LogP contribution in [-0.2, 0) is 12.8 Å². The van der Waals surface area contributed by atoms with Gasteiger partial charge in [-0.3, -0.25) is 4.99 Å². The summed E-state index contributed by atoms with van der Waals surface area (Å²) in [7, 11) is 1.74. The van der Waals surface area contributed by atoms with Crippen molar-refractivity contribution in [2.75, 3.05) is 31.6 Å². The van der Waals surface area contributed by atoms with Crippen LogP contribution in [0.25, 0.3) is 0 Å². The molecule has 166 valence electrons. The first kappa shape index (κ1) is 24.6. The molecule has 1 atom stereocenters. The molecule has 1 aliphatic heterocycles. The number of halogens is 3. The first-order valence-corrected chi connectivity index (χ1v) is 10.6. The number of thiazole rings is 1. The highest BCUT2D eigenvalue weighted by atomic mass is 127. The maximum Gasteiger partial charge on any atom is 0.387 e. The van der Waals surface area contributed by atoms with Crippen LogP contribution in [-0.4, -0.2) is 50.3 Å². The van der Waals surface area contributed by atoms with Crippen LogP contribution in [0.15, 0.2) is 35.5 Å². The molecule has 3 rings (SSSR count). The second kappa shape index (κ2) is 12.2. The quantitative estimate of drug-likeness (QED) is 0.296. The fraction of sp³-hybridized carbons (Fsp3) is 0.500. The molecule has 2 N–H and O–H groups in total. The number of ether oxygens (including phenoxy) is 1. The van der Waals surface area contributed by atoms with E-state index in [2.05, 4.69) is 37.2 Å². The number of hydrogen-bond acceptors (Lipinski definition) is 5. The summed E-state index contributed by atoms with van der Waals surface area (Å²) in [6.07, 6.45) is 4.68. The van der Waals surface area contributed by atoms with Gasteiger partial charge >= 0.3 is 6.61 Å². The Bertz CT molecular complexity index is 820. The number of aliphatic imine (C=N–C) groups is 1. The van der Waals surface area contributed by atoms with Crippen molar-refractivity contribution in [1.82, 2.24) is 15.6 Å². The SMILES string of the molecule is CCc1cnc(CCNC(=NC)NC2CCN(c3ccccc3OC(F)F)C2)s1.I. The lowest BCUT2D eigenvalue weighted by molar-refractivity contribution is -0.0495. The van der Waals surface area contributed by atoms with Gasteiger partial charge in [-0.2, -0.15) is 8.78 Å². The first-order valence-electron chi connectivity index (χ1n) is 9.78. The van der Waals surface area contributed by atoms with Gasteiger partial charge in [0.15, 0.2) is 5.96 Å². The van der Waals surface area contributed by atoms with Crippen LogP contribution < -0.4 is 20.3 Å². The number of guanidine groups is 1. The summed E-state index contributed by atoms with van der Waals surface area (Å²) < 4.78 is 30.0. The Kier molecular flexibility index (Phi) is 10.0. The highest BCUT2D eigenvalue weighted by Crippen LogP contribution is 2.31. The molecule has 6 nitrogen and oxygen atoms in total. The molecular formula is C20H28F2IN5OS. The van der Waals surface area contributed by atoms with Gasteiger partial charge in [0, 0.05) is 50.2 Å². The van der Waals surface area contributed by atoms with Crippen LogP contribution >= 0.6 is 35.3 Å². The smallest absolute Gasteiger partial charge is 0.387 e. The molecule has 1 aliphatic rings. The van der Waals surface area contributed by atoms with E-state index in [1.54, 1.807) is 30.5 Å². The van der Waals surface area contributed by atoms with Gasteiger partial charge in [-0.05, 0) is 25.0 Å². The summed E-state index contributed by atoms with van der Waals surface area (Å²) in [5.74, 6) is 0.946. The van der Waals surface area contributed by atoms with Gasteiger partial charge in [0.25, 0.3) is 0 Å². The van der Waals surface area contributed by atoms with Crippen molar-refractivity contribution in [2.45, 2.75) is 38.8 Å². The van der Waals surface area contributed by atoms with Gasteiger partial charge in [0.05, 0.1) is 10.7 Å². The number of benzene rings is 1. The van der Waals surface area contributed by atoms with Gasteiger partial charge in [-0.1, -0.05) is 19.1 Å². The van der Waals surface area contributed by atoms with Gasteiger partial charge in [-0.15, -0.1) is 35.3 Å². The maximum atomic E-state index is 12.7. The lowest BCUT2D eigenvalue weighted by Gasteiger charge is -2.22. The third-order valence-corrected chi connectivity index (χ3v) is 5.96. The number of nitrogens with one attached hydrogen (secondary N) is 2. The minimum absolute atomic E-state index is 0. The van der Waals surface area contributed by atoms with Gasteiger partial charge in [0.2, 0.25) is 0 Å². The van der Waals surface area contributed by atoms with Crippen molar-refractivity contribution in [3.05, 3.63) is 40.3 Å². The molecule has 1 aromatic heterocycles. The molecule has 0 amide bonds. The lowest BCUT2D eigenvalue weighted by Crippen LogP contribution is -2.45. The normalized spacial score (nSPS) is 16.5. The molecule has 30 heavy (non-hydrogen) atoms. The standard InChI is InChI=1S/C20H27F2N5OS.HI/c1-3-15-12-25-18(29-15)8-10-24-20(23-2)26-14-9-11-27(13-14)16-6-4-5-7-17(16)28-19(21)22;/h4-7,12,14,19H,3,8-11,13H2,1-2H3,(H2,23,24,26);1H. The second-order valence-electron chi connectivity index (χ2n) is 6.75. The van der Waals surface area contributed by atoms with Crippen LogP contribution in [0, 0.1) is 0 Å². The zero-order valence-corrected chi connectivity index (χ0v) is 20.3. The van der Waals surface area contributed by atoms with Gasteiger partial charge < -0.3 is 20.3 Å². The summed E-state index contributed by atoms with van der Waals surface area (Å²) >= 11 is 1.75. The van der Waals surface area contributed by atoms with E-state index >= 15 is 0 Å². The van der Waals surface area contributed by atoms with Crippen molar-refractivity contribution in [2.24, 2.45) is 4.99 Å². The zero-order valence-electron chi connectivity index (χ0n) is 17.1. The molecule has 2 aromatic rings. The van der Waals surface area contributed by atoms with E-state index < -0.39 is 6.61 Å². The number of rotatable bonds is 8. The lowest BCUT2D eigenvalue weighted by atomic mass is 10.2. The summed E-state index contributed by atoms with van der Waals surface area (Å²) in [6, 6.07) is 7.09. The molecule has 1 saturated heterocycles. The maximum absolute atomic E-state index is 12.7. The number of aryl methyl sites for hydroxylation is 1. The van der Waals surface area contributed by atoms with Crippen molar-refractivity contribution in [1.29, 1.82) is 0 Å². The molecular weight excluding hydrogens is 523 g/mol. The highest BCUT2D eigenvalue weighted by molar-refractivity contribution is 14.0. The Morgan fingerprint density at radius 2 is 2.20 bits per heavy atom. The van der Waals surface area contributed by atoms with Crippen molar-refractivity contribution < 1.29 is 13.5 Å². The topological polar surface area (TPSA) is 61.8 Å². The van der Waals surface area contributed by atoms with E-state index in [0.717, 1.165) is 43.3 Å². The Hall–Kier alpha value is -1.69. The average Bonchev–Trinajstić information content (AvgIpc) is 3.36. The monoisotopic (exact) mass is 551 g/mol. The molecule has 0 spiro atoms. The van der Waals surface area contributed by atoms with Gasteiger partial charge in [0.1, 0.15) is 5.75 Å². The second-order valence-corrected chi connectivity index (χ2v) is 7.94. The van der Waals surface area contributed by atoms with Crippen molar-refractivity contribution in [3.63, 3.8) is 0 Å². The fourth-order valence-electron chi connectivity index (χ4n) is 3.31. The number of aromatic nitrogens is 1. The summed E-state index contributed by atoms with van der Waals surface area (Å²) in [6.45, 7) is 1.50. The Morgan fingerprint density at radius 1 is 1.40 bits per heavy atom. The van der Waals surface area contributed by atoms with E-state index in [0.29, 0.717) is 12.2 Å². The van der Waals surface area contributed by atoms with E-state index in [1.165, 1.54) is 4.88 Å². The molecule has 0 bridgehead atoms. The van der Waals surface area contributed by atoms with E-state index in [4.69, 9.17) is 0 Å². The molecule has 0 radical (unpaired) electrons. The predicted molar refractivity (Wildman–Crippen MR) is 129 cm³/mol. The van der Waals surface area contributed by atoms with Crippen molar-refractivity contribution >= 4 is 47.0 Å². The fourth-order valence-corrected chi connectivity index (χ4v) is 4.18. The van der Waals surface area contributed by atoms with Gasteiger partial charge in [-0.25, -0.2) is 4.98 Å². The molecule has 1 fully saturated rings. The van der Waals surface area contributed by atoms with E-state index in [1.807, 2.05) is 18.3 Å². The minimum atomic E-state index is -2.83. The Morgan fingerprint density at radius 3 is 2.90 bits per heavy atom. The highest BCUT2D eigenvalue weighted by Gasteiger charge is 2.26. The summed E-state index contributed by atoms with van der Waals surface area (Å²) in [5, 5.41) is 7.86. The third-order valence-electron chi connectivity index (χ3n) is 4.76. The predicted octanol–water partition coefficient (Wildman–Crippen LogP) is 3.91. The molecule has 0 aliphatic carbocycles. The Labute approximate surface area is 197 Å². The zero-order chi connectivity index (χ0) is 20.6. The van der Waals surface area contributed by atoms with Crippen LogP contribution in [0.3, 0.4) is 0 Å². The number of para-hydroxylation sites is 2. The number of anilines is 1. The third kappa shape index (κ3) is 6.93. The molecule has 1 unspecified atom stereocenters. The van der Waals surface area contributed by atoms with E-state index in [9.17, 15) is 8.78 Å². The van der Waals surface area contributed by atoms with Crippen molar-refractivity contribution in [3.8, 4) is 5.75 Å². The molecule has 10 heteroatoms. The summed E-state index contributed by atoms with van der Waals surface area (Å²) in [4.78, 5) is 12.1. The summed E-state index contributed by atoms with van der Waals surface area (Å²) in [5.41, 5.74) is 0.690. The van der Waals surface area contributed by atoms with Crippen LogP contribution in [0.4, 0.5) is 14.5 Å². The molecule has 1 aromatic carbocycles. The van der Waals surface area contributed by atoms with Crippen LogP contribution in [0.5, 0.6) is 5.75 Å². The van der Waals surface area contributed by atoms with E-state index in [-0.39, 0.29) is 35.8 Å². The number of hydrogen-bond donors (Lipinski definition) is 2. The average molecular weight is 551 g/mol. The number of alkyl halides is 2. The number of nitrogens with zero attached hydrogens (tertiary/aromatic N) is 3. The Balaban J connectivity index is 0.00000320. The largest absolute Gasteiger partial charge is 0.433 e.